The van der Waals surface area contributed by atoms with E-state index in [2.05, 4.69) is 10.3 Å². The second-order valence-corrected chi connectivity index (χ2v) is 8.87. The van der Waals surface area contributed by atoms with Crippen molar-refractivity contribution in [3.8, 4) is 5.88 Å². The summed E-state index contributed by atoms with van der Waals surface area (Å²) >= 11 is 0. The van der Waals surface area contributed by atoms with E-state index in [0.29, 0.717) is 24.1 Å². The number of alkyl halides is 2. The summed E-state index contributed by atoms with van der Waals surface area (Å²) in [5, 5.41) is 2.81. The van der Waals surface area contributed by atoms with Crippen molar-refractivity contribution in [3.63, 3.8) is 0 Å². The molecule has 2 saturated carbocycles. The maximum atomic E-state index is 13.4. The molecule has 1 aromatic rings. The average molecular weight is 422 g/mol. The Labute approximate surface area is 174 Å². The van der Waals surface area contributed by atoms with E-state index in [-0.39, 0.29) is 30.0 Å². The number of halogens is 2. The van der Waals surface area contributed by atoms with Gasteiger partial charge in [0.15, 0.2) is 5.69 Å². The molecule has 1 atom stereocenters. The van der Waals surface area contributed by atoms with Crippen LogP contribution in [0, 0.1) is 17.8 Å². The summed E-state index contributed by atoms with van der Waals surface area (Å²) in [5.74, 6) is -2.43. The maximum Gasteiger partial charge on any atom is 0.282 e. The van der Waals surface area contributed by atoms with Crippen LogP contribution in [-0.2, 0) is 4.79 Å². The predicted molar refractivity (Wildman–Crippen MR) is 107 cm³/mol. The number of carbonyl (C=O) groups is 2. The number of amides is 2. The smallest absolute Gasteiger partial charge is 0.282 e. The monoisotopic (exact) mass is 422 g/mol. The zero-order valence-electron chi connectivity index (χ0n) is 17.4. The third kappa shape index (κ3) is 4.82. The number of nitrogens with one attached hydrogen (secondary N) is 1. The van der Waals surface area contributed by atoms with E-state index in [9.17, 15) is 18.4 Å². The first-order valence-electron chi connectivity index (χ1n) is 10.5. The third-order valence-corrected chi connectivity index (χ3v) is 5.84. The van der Waals surface area contributed by atoms with Gasteiger partial charge < -0.3 is 19.9 Å². The van der Waals surface area contributed by atoms with E-state index in [4.69, 9.17) is 4.74 Å². The Morgan fingerprint density at radius 1 is 1.27 bits per heavy atom. The number of rotatable bonds is 9. The Hall–Kier alpha value is -2.45. The molecule has 30 heavy (non-hydrogen) atoms. The summed E-state index contributed by atoms with van der Waals surface area (Å²) < 4.78 is 32.4. The van der Waals surface area contributed by atoms with Crippen LogP contribution in [-0.4, -0.2) is 68.0 Å². The second-order valence-electron chi connectivity index (χ2n) is 8.87. The first-order chi connectivity index (χ1) is 14.2. The largest absolute Gasteiger partial charge is 0.477 e. The topological polar surface area (TPSA) is 74.8 Å². The number of ether oxygens (including phenoxy) is 1. The van der Waals surface area contributed by atoms with Gasteiger partial charge >= 0.3 is 0 Å². The van der Waals surface area contributed by atoms with Crippen molar-refractivity contribution in [2.75, 3.05) is 45.2 Å². The van der Waals surface area contributed by atoms with Crippen LogP contribution in [0.5, 0.6) is 5.88 Å². The molecule has 2 amide bonds. The van der Waals surface area contributed by atoms with Gasteiger partial charge in [0, 0.05) is 26.7 Å². The van der Waals surface area contributed by atoms with Crippen molar-refractivity contribution in [2.45, 2.75) is 31.6 Å². The molecule has 0 aromatic carbocycles. The molecule has 9 heteroatoms. The fourth-order valence-corrected chi connectivity index (χ4v) is 3.68. The van der Waals surface area contributed by atoms with Crippen LogP contribution >= 0.6 is 0 Å². The van der Waals surface area contributed by atoms with Gasteiger partial charge in [-0.25, -0.2) is 13.8 Å². The molecule has 1 aromatic heterocycles. The molecular weight excluding hydrogens is 394 g/mol. The molecule has 3 fully saturated rings. The van der Waals surface area contributed by atoms with Gasteiger partial charge in [0.25, 0.3) is 11.8 Å². The molecule has 0 bridgehead atoms. The summed E-state index contributed by atoms with van der Waals surface area (Å²) in [6.07, 6.45) is 4.18. The fraction of sp³-hybridized carbons (Fsp3) is 0.667. The number of hydrogen-bond donors (Lipinski definition) is 1. The van der Waals surface area contributed by atoms with E-state index in [1.165, 1.54) is 9.80 Å². The van der Waals surface area contributed by atoms with Crippen molar-refractivity contribution in [2.24, 2.45) is 17.8 Å². The van der Waals surface area contributed by atoms with Crippen LogP contribution in [0.2, 0.25) is 0 Å². The minimum atomic E-state index is -2.76. The van der Waals surface area contributed by atoms with Crippen molar-refractivity contribution in [1.29, 1.82) is 0 Å². The van der Waals surface area contributed by atoms with Gasteiger partial charge in [0.05, 0.1) is 31.3 Å². The van der Waals surface area contributed by atoms with Crippen LogP contribution < -0.4 is 15.0 Å². The summed E-state index contributed by atoms with van der Waals surface area (Å²) in [4.78, 5) is 32.7. The van der Waals surface area contributed by atoms with Gasteiger partial charge in [-0.2, -0.15) is 0 Å². The lowest BCUT2D eigenvalue weighted by Crippen LogP contribution is -2.57. The third-order valence-electron chi connectivity index (χ3n) is 5.84. The molecule has 2 aliphatic carbocycles. The molecule has 2 heterocycles. The van der Waals surface area contributed by atoms with Crippen LogP contribution in [0.25, 0.3) is 0 Å². The van der Waals surface area contributed by atoms with Gasteiger partial charge in [-0.05, 0) is 43.6 Å². The van der Waals surface area contributed by atoms with E-state index < -0.39 is 24.9 Å². The van der Waals surface area contributed by atoms with Crippen molar-refractivity contribution in [1.82, 2.24) is 15.2 Å². The highest BCUT2D eigenvalue weighted by Crippen LogP contribution is 2.38. The highest BCUT2D eigenvalue weighted by atomic mass is 19.3. The Morgan fingerprint density at radius 2 is 1.97 bits per heavy atom. The summed E-state index contributed by atoms with van der Waals surface area (Å²) in [5.41, 5.74) is 0.421. The lowest BCUT2D eigenvalue weighted by Gasteiger charge is -2.40. The van der Waals surface area contributed by atoms with Gasteiger partial charge in [0.2, 0.25) is 11.8 Å². The Balaban J connectivity index is 1.48. The first-order valence-corrected chi connectivity index (χ1v) is 10.5. The fourth-order valence-electron chi connectivity index (χ4n) is 3.68. The van der Waals surface area contributed by atoms with Crippen LogP contribution in [0.15, 0.2) is 12.1 Å². The highest BCUT2D eigenvalue weighted by molar-refractivity contribution is 5.98. The van der Waals surface area contributed by atoms with Crippen molar-refractivity contribution >= 4 is 17.5 Å². The summed E-state index contributed by atoms with van der Waals surface area (Å²) in [6, 6.07) is 3.23. The van der Waals surface area contributed by atoms with Gasteiger partial charge in [-0.15, -0.1) is 0 Å². The molecule has 1 aliphatic heterocycles. The first kappa shape index (κ1) is 20.8. The van der Waals surface area contributed by atoms with Crippen LogP contribution in [0.4, 0.5) is 14.5 Å². The standard InChI is InChI=1S/C21H28F2N4O3/c1-26(2)20(29)15(14-5-6-14)9-24-19(28)18-16(27-11-21(22,23)12-27)7-8-17(25-18)30-10-13-3-4-13/h7-8,13-15H,3-6,9-12H2,1-2H3,(H,24,28)/t15-/m1/s1. The molecule has 0 unspecified atom stereocenters. The number of carbonyl (C=O) groups excluding carboxylic acids is 2. The normalized spacial score (nSPS) is 20.9. The average Bonchev–Trinajstić information content (AvgIpc) is 3.58. The van der Waals surface area contributed by atoms with Gasteiger partial charge in [-0.1, -0.05) is 0 Å². The lowest BCUT2D eigenvalue weighted by molar-refractivity contribution is -0.133. The van der Waals surface area contributed by atoms with Gasteiger partial charge in [0.1, 0.15) is 0 Å². The molecule has 3 aliphatic rings. The Morgan fingerprint density at radius 3 is 2.53 bits per heavy atom. The molecule has 0 radical (unpaired) electrons. The highest BCUT2D eigenvalue weighted by Gasteiger charge is 2.45. The summed E-state index contributed by atoms with van der Waals surface area (Å²) in [7, 11) is 3.40. The SMILES string of the molecule is CN(C)C(=O)[C@H](CNC(=O)c1nc(OCC2CC2)ccc1N1CC(F)(F)C1)C1CC1. The minimum Gasteiger partial charge on any atom is -0.477 e. The maximum absolute atomic E-state index is 13.4. The molecule has 1 saturated heterocycles. The van der Waals surface area contributed by atoms with Crippen LogP contribution in [0.1, 0.15) is 36.2 Å². The van der Waals surface area contributed by atoms with E-state index in [0.717, 1.165) is 25.7 Å². The molecule has 1 N–H and O–H groups in total. The summed E-state index contributed by atoms with van der Waals surface area (Å²) in [6.45, 7) is -0.149. The second kappa shape index (κ2) is 8.00. The zero-order chi connectivity index (χ0) is 21.5. The van der Waals surface area contributed by atoms with Crippen molar-refractivity contribution in [3.05, 3.63) is 17.8 Å². The number of hydrogen-bond acceptors (Lipinski definition) is 5. The minimum absolute atomic E-state index is 0.0186. The van der Waals surface area contributed by atoms with E-state index >= 15 is 0 Å². The van der Waals surface area contributed by atoms with E-state index in [1.807, 2.05) is 0 Å². The zero-order valence-corrected chi connectivity index (χ0v) is 17.4. The molecule has 0 spiro atoms. The number of pyridine rings is 1. The Bertz CT molecular complexity index is 816. The van der Waals surface area contributed by atoms with E-state index in [1.54, 1.807) is 26.2 Å². The molecule has 7 nitrogen and oxygen atoms in total. The molecule has 164 valence electrons. The number of aromatic nitrogens is 1. The molecule has 4 rings (SSSR count). The van der Waals surface area contributed by atoms with Gasteiger partial charge in [-0.3, -0.25) is 9.59 Å². The lowest BCUT2D eigenvalue weighted by atomic mass is 10.0. The molecular formula is C21H28F2N4O3. The number of anilines is 1. The Kier molecular flexibility index (Phi) is 5.55. The van der Waals surface area contributed by atoms with Crippen molar-refractivity contribution < 1.29 is 23.1 Å². The number of nitrogens with zero attached hydrogens (tertiary/aromatic N) is 3. The quantitative estimate of drug-likeness (QED) is 0.660. The van der Waals surface area contributed by atoms with Crippen LogP contribution in [0.3, 0.4) is 0 Å². The predicted octanol–water partition coefficient (Wildman–Crippen LogP) is 2.17.